The van der Waals surface area contributed by atoms with Crippen molar-refractivity contribution in [3.63, 3.8) is 0 Å². The third kappa shape index (κ3) is 8.18. The van der Waals surface area contributed by atoms with Crippen molar-refractivity contribution in [2.75, 3.05) is 33.4 Å². The molecule has 0 aliphatic carbocycles. The van der Waals surface area contributed by atoms with Crippen molar-refractivity contribution >= 4 is 0 Å². The van der Waals surface area contributed by atoms with Gasteiger partial charge in [0, 0.05) is 19.7 Å². The molecule has 2 unspecified atom stereocenters. The van der Waals surface area contributed by atoms with E-state index in [9.17, 15) is 5.11 Å². The Labute approximate surface area is 80.1 Å². The smallest absolute Gasteiger partial charge is 0.0900 e. The molecule has 0 aromatic carbocycles. The van der Waals surface area contributed by atoms with Crippen LogP contribution in [0.1, 0.15) is 13.8 Å². The molecule has 0 aromatic rings. The molecule has 0 saturated heterocycles. The van der Waals surface area contributed by atoms with Crippen LogP contribution in [0.5, 0.6) is 0 Å². The van der Waals surface area contributed by atoms with E-state index in [-0.39, 0.29) is 6.10 Å². The average Bonchev–Trinajstić information content (AvgIpc) is 1.98. The van der Waals surface area contributed by atoms with Gasteiger partial charge in [-0.1, -0.05) is 0 Å². The summed E-state index contributed by atoms with van der Waals surface area (Å²) in [6.07, 6.45) is -0.826. The molecule has 0 heterocycles. The Morgan fingerprint density at radius 3 is 2.38 bits per heavy atom. The van der Waals surface area contributed by atoms with Crippen molar-refractivity contribution in [2.24, 2.45) is 0 Å². The molecule has 80 valence electrons. The number of aliphatic hydroxyl groups is 2. The van der Waals surface area contributed by atoms with E-state index in [1.165, 1.54) is 0 Å². The summed E-state index contributed by atoms with van der Waals surface area (Å²) >= 11 is 0. The van der Waals surface area contributed by atoms with Gasteiger partial charge in [-0.2, -0.15) is 0 Å². The first-order valence-electron chi connectivity index (χ1n) is 4.68. The molecule has 0 aromatic heterocycles. The highest BCUT2D eigenvalue weighted by atomic mass is 16.5. The SMILES string of the molecule is CCOCC(O)CN(C)CC(C)O. The minimum absolute atomic E-state index is 0.357. The maximum absolute atomic E-state index is 9.42. The van der Waals surface area contributed by atoms with Gasteiger partial charge in [0.05, 0.1) is 18.8 Å². The second-order valence-corrected chi connectivity index (χ2v) is 3.38. The first kappa shape index (κ1) is 12.8. The number of hydrogen-bond acceptors (Lipinski definition) is 4. The van der Waals surface area contributed by atoms with Gasteiger partial charge in [0.1, 0.15) is 0 Å². The van der Waals surface area contributed by atoms with Crippen molar-refractivity contribution in [1.82, 2.24) is 4.90 Å². The van der Waals surface area contributed by atoms with Gasteiger partial charge >= 0.3 is 0 Å². The van der Waals surface area contributed by atoms with Crippen LogP contribution in [-0.2, 0) is 4.74 Å². The summed E-state index contributed by atoms with van der Waals surface area (Å²) in [7, 11) is 1.86. The fourth-order valence-electron chi connectivity index (χ4n) is 1.19. The predicted octanol–water partition coefficient (Wildman–Crippen LogP) is -0.304. The summed E-state index contributed by atoms with van der Waals surface area (Å²) in [5.41, 5.74) is 0. The highest BCUT2D eigenvalue weighted by Crippen LogP contribution is 1.93. The molecule has 0 fully saturated rings. The van der Waals surface area contributed by atoms with Crippen LogP contribution in [0.2, 0.25) is 0 Å². The topological polar surface area (TPSA) is 52.9 Å². The van der Waals surface area contributed by atoms with E-state index in [0.717, 1.165) is 0 Å². The molecule has 0 aliphatic rings. The Balaban J connectivity index is 3.46. The zero-order chi connectivity index (χ0) is 10.3. The maximum Gasteiger partial charge on any atom is 0.0900 e. The first-order valence-corrected chi connectivity index (χ1v) is 4.68. The van der Waals surface area contributed by atoms with Crippen LogP contribution in [-0.4, -0.2) is 60.7 Å². The van der Waals surface area contributed by atoms with E-state index < -0.39 is 6.10 Å². The van der Waals surface area contributed by atoms with Crippen LogP contribution >= 0.6 is 0 Å². The molecule has 0 saturated carbocycles. The molecule has 0 bridgehead atoms. The first-order chi connectivity index (χ1) is 6.06. The van der Waals surface area contributed by atoms with Crippen LogP contribution in [0, 0.1) is 0 Å². The second-order valence-electron chi connectivity index (χ2n) is 3.38. The lowest BCUT2D eigenvalue weighted by atomic mass is 10.3. The lowest BCUT2D eigenvalue weighted by molar-refractivity contribution is 0.0189. The molecule has 0 spiro atoms. The van der Waals surface area contributed by atoms with E-state index >= 15 is 0 Å². The van der Waals surface area contributed by atoms with E-state index in [0.29, 0.717) is 26.3 Å². The van der Waals surface area contributed by atoms with Crippen molar-refractivity contribution < 1.29 is 14.9 Å². The van der Waals surface area contributed by atoms with E-state index in [1.54, 1.807) is 6.92 Å². The zero-order valence-electron chi connectivity index (χ0n) is 8.73. The second kappa shape index (κ2) is 7.26. The van der Waals surface area contributed by atoms with Crippen molar-refractivity contribution in [2.45, 2.75) is 26.1 Å². The molecule has 0 radical (unpaired) electrons. The van der Waals surface area contributed by atoms with Crippen molar-refractivity contribution in [3.05, 3.63) is 0 Å². The molecule has 0 aliphatic heterocycles. The quantitative estimate of drug-likeness (QED) is 0.580. The van der Waals surface area contributed by atoms with Gasteiger partial charge in [0.2, 0.25) is 0 Å². The predicted molar refractivity (Wildman–Crippen MR) is 51.7 cm³/mol. The fourth-order valence-corrected chi connectivity index (χ4v) is 1.19. The average molecular weight is 191 g/mol. The van der Waals surface area contributed by atoms with Gasteiger partial charge in [-0.15, -0.1) is 0 Å². The third-order valence-electron chi connectivity index (χ3n) is 1.61. The minimum atomic E-state index is -0.469. The summed E-state index contributed by atoms with van der Waals surface area (Å²) in [6, 6.07) is 0. The number of nitrogens with zero attached hydrogens (tertiary/aromatic N) is 1. The van der Waals surface area contributed by atoms with E-state index in [2.05, 4.69) is 0 Å². The summed E-state index contributed by atoms with van der Waals surface area (Å²) < 4.78 is 5.06. The lowest BCUT2D eigenvalue weighted by Crippen LogP contribution is -2.36. The number of rotatable bonds is 7. The molecular weight excluding hydrogens is 170 g/mol. The summed E-state index contributed by atoms with van der Waals surface area (Å²) in [6.45, 7) is 5.71. The number of hydrogen-bond donors (Lipinski definition) is 2. The molecule has 4 nitrogen and oxygen atoms in total. The molecule has 13 heavy (non-hydrogen) atoms. The van der Waals surface area contributed by atoms with Gasteiger partial charge < -0.3 is 19.8 Å². The van der Waals surface area contributed by atoms with Crippen LogP contribution in [0.25, 0.3) is 0 Å². The van der Waals surface area contributed by atoms with Crippen LogP contribution < -0.4 is 0 Å². The Bertz CT molecular complexity index is 119. The van der Waals surface area contributed by atoms with Crippen LogP contribution in [0.15, 0.2) is 0 Å². The monoisotopic (exact) mass is 191 g/mol. The normalized spacial score (nSPS) is 16.2. The molecule has 0 rings (SSSR count). The van der Waals surface area contributed by atoms with Gasteiger partial charge in [-0.05, 0) is 20.9 Å². The highest BCUT2D eigenvalue weighted by Gasteiger charge is 2.09. The van der Waals surface area contributed by atoms with Gasteiger partial charge in [0.25, 0.3) is 0 Å². The maximum atomic E-state index is 9.42. The van der Waals surface area contributed by atoms with Crippen molar-refractivity contribution in [3.8, 4) is 0 Å². The summed E-state index contributed by atoms with van der Waals surface area (Å²) in [5.74, 6) is 0. The van der Waals surface area contributed by atoms with Crippen LogP contribution in [0.3, 0.4) is 0 Å². The number of aliphatic hydroxyl groups excluding tert-OH is 2. The highest BCUT2D eigenvalue weighted by molar-refractivity contribution is 4.62. The number of ether oxygens (including phenoxy) is 1. The van der Waals surface area contributed by atoms with Gasteiger partial charge in [-0.25, -0.2) is 0 Å². The largest absolute Gasteiger partial charge is 0.392 e. The molecule has 2 N–H and O–H groups in total. The molecule has 4 heteroatoms. The van der Waals surface area contributed by atoms with Crippen molar-refractivity contribution in [1.29, 1.82) is 0 Å². The Hall–Kier alpha value is -0.160. The minimum Gasteiger partial charge on any atom is -0.392 e. The van der Waals surface area contributed by atoms with Gasteiger partial charge in [0.15, 0.2) is 0 Å². The lowest BCUT2D eigenvalue weighted by Gasteiger charge is -2.21. The Morgan fingerprint density at radius 2 is 1.92 bits per heavy atom. The molecule has 0 amide bonds. The molecule has 2 atom stereocenters. The van der Waals surface area contributed by atoms with E-state index in [4.69, 9.17) is 9.84 Å². The standard InChI is InChI=1S/C9H21NO3/c1-4-13-7-9(12)6-10(3)5-8(2)11/h8-9,11-12H,4-7H2,1-3H3. The van der Waals surface area contributed by atoms with Crippen LogP contribution in [0.4, 0.5) is 0 Å². The summed E-state index contributed by atoms with van der Waals surface area (Å²) in [4.78, 5) is 1.88. The third-order valence-corrected chi connectivity index (χ3v) is 1.61. The Morgan fingerprint density at radius 1 is 1.31 bits per heavy atom. The van der Waals surface area contributed by atoms with Gasteiger partial charge in [-0.3, -0.25) is 0 Å². The zero-order valence-corrected chi connectivity index (χ0v) is 8.73. The molecular formula is C9H21NO3. The number of likely N-dealkylation sites (N-methyl/N-ethyl adjacent to an activating group) is 1. The fraction of sp³-hybridized carbons (Fsp3) is 1.00. The van der Waals surface area contributed by atoms with E-state index in [1.807, 2.05) is 18.9 Å². The Kier molecular flexibility index (Phi) is 7.17. The summed E-state index contributed by atoms with van der Waals surface area (Å²) in [5, 5.41) is 18.5.